The first-order chi connectivity index (χ1) is 12.7. The quantitative estimate of drug-likeness (QED) is 0.725. The molecule has 10 heteroatoms. The predicted octanol–water partition coefficient (Wildman–Crippen LogP) is 3.27. The second-order valence-electron chi connectivity index (χ2n) is 5.45. The Balaban J connectivity index is 2.16. The third kappa shape index (κ3) is 5.04. The van der Waals surface area contributed by atoms with Crippen molar-refractivity contribution in [2.75, 3.05) is 33.1 Å². The molecule has 0 aliphatic rings. The lowest BCUT2D eigenvalue weighted by molar-refractivity contribution is -0.116. The van der Waals surface area contributed by atoms with Gasteiger partial charge in [0.25, 0.3) is 0 Å². The number of hydrogen-bond donors (Lipinski definition) is 1. The van der Waals surface area contributed by atoms with E-state index in [1.165, 1.54) is 45.5 Å². The Kier molecular flexibility index (Phi) is 6.94. The Morgan fingerprint density at radius 1 is 1.07 bits per heavy atom. The van der Waals surface area contributed by atoms with Gasteiger partial charge < -0.3 is 14.8 Å². The number of ether oxygens (including phenoxy) is 2. The summed E-state index contributed by atoms with van der Waals surface area (Å²) in [6.45, 7) is -0.415. The molecule has 0 unspecified atom stereocenters. The number of carbonyl (C=O) groups excluding carboxylic acids is 1. The van der Waals surface area contributed by atoms with E-state index in [4.69, 9.17) is 32.7 Å². The summed E-state index contributed by atoms with van der Waals surface area (Å²) in [5.74, 6) is 0.200. The molecule has 0 bridgehead atoms. The van der Waals surface area contributed by atoms with E-state index < -0.39 is 22.5 Å². The molecule has 0 radical (unpaired) electrons. The molecule has 0 saturated carbocycles. The number of nitrogens with zero attached hydrogens (tertiary/aromatic N) is 1. The first-order valence-corrected chi connectivity index (χ1v) is 9.82. The number of methoxy groups -OCH3 is 2. The van der Waals surface area contributed by atoms with Crippen LogP contribution in [0.2, 0.25) is 10.0 Å². The van der Waals surface area contributed by atoms with Gasteiger partial charge in [0.1, 0.15) is 11.5 Å². The summed E-state index contributed by atoms with van der Waals surface area (Å²) in [6, 6.07) is 8.78. The number of halogens is 2. The van der Waals surface area contributed by atoms with Crippen LogP contribution < -0.4 is 14.8 Å². The maximum atomic E-state index is 12.6. The third-order valence-corrected chi connectivity index (χ3v) is 5.96. The summed E-state index contributed by atoms with van der Waals surface area (Å²) in [6.07, 6.45) is 0. The van der Waals surface area contributed by atoms with E-state index >= 15 is 0 Å². The van der Waals surface area contributed by atoms with Crippen molar-refractivity contribution in [1.82, 2.24) is 4.31 Å². The number of amides is 1. The van der Waals surface area contributed by atoms with Crippen molar-refractivity contribution < 1.29 is 22.7 Å². The van der Waals surface area contributed by atoms with Crippen LogP contribution in [0, 0.1) is 0 Å². The monoisotopic (exact) mass is 432 g/mol. The fourth-order valence-corrected chi connectivity index (χ4v) is 3.89. The molecule has 0 spiro atoms. The van der Waals surface area contributed by atoms with E-state index in [1.54, 1.807) is 12.1 Å². The van der Waals surface area contributed by atoms with Crippen LogP contribution in [0.4, 0.5) is 5.69 Å². The summed E-state index contributed by atoms with van der Waals surface area (Å²) in [5, 5.41) is 3.14. The van der Waals surface area contributed by atoms with Crippen molar-refractivity contribution >= 4 is 44.8 Å². The number of rotatable bonds is 7. The van der Waals surface area contributed by atoms with Crippen LogP contribution in [-0.2, 0) is 14.8 Å². The van der Waals surface area contributed by atoms with Gasteiger partial charge >= 0.3 is 0 Å². The standard InChI is InChI=1S/C17H18Cl2N2O5S/c1-21(27(23,24)12-5-7-15(25-2)13(19)9-12)10-17(22)20-14-8-11(18)4-6-16(14)26-3/h4-9H,10H2,1-3H3,(H,20,22). The van der Waals surface area contributed by atoms with Gasteiger partial charge in [-0.3, -0.25) is 4.79 Å². The summed E-state index contributed by atoms with van der Waals surface area (Å²) in [5.41, 5.74) is 0.341. The van der Waals surface area contributed by atoms with Gasteiger partial charge in [0, 0.05) is 12.1 Å². The summed E-state index contributed by atoms with van der Waals surface area (Å²) in [7, 11) is 0.245. The largest absolute Gasteiger partial charge is 0.495 e. The highest BCUT2D eigenvalue weighted by Crippen LogP contribution is 2.29. The minimum absolute atomic E-state index is 0.0519. The summed E-state index contributed by atoms with van der Waals surface area (Å²) in [4.78, 5) is 12.2. The number of anilines is 1. The van der Waals surface area contributed by atoms with E-state index in [-0.39, 0.29) is 9.92 Å². The summed E-state index contributed by atoms with van der Waals surface area (Å²) < 4.78 is 36.4. The van der Waals surface area contributed by atoms with Gasteiger partial charge in [0.15, 0.2) is 0 Å². The second kappa shape index (κ2) is 8.79. The van der Waals surface area contributed by atoms with Gasteiger partial charge in [-0.25, -0.2) is 8.42 Å². The highest BCUT2D eigenvalue weighted by atomic mass is 35.5. The van der Waals surface area contributed by atoms with Crippen LogP contribution in [0.3, 0.4) is 0 Å². The second-order valence-corrected chi connectivity index (χ2v) is 8.34. The van der Waals surface area contributed by atoms with Gasteiger partial charge in [0.05, 0.1) is 36.4 Å². The van der Waals surface area contributed by atoms with E-state index in [1.807, 2.05) is 0 Å². The van der Waals surface area contributed by atoms with Gasteiger partial charge in [-0.2, -0.15) is 4.31 Å². The van der Waals surface area contributed by atoms with Crippen LogP contribution in [0.5, 0.6) is 11.5 Å². The summed E-state index contributed by atoms with van der Waals surface area (Å²) >= 11 is 11.9. The molecule has 2 rings (SSSR count). The topological polar surface area (TPSA) is 84.9 Å². The molecule has 1 amide bonds. The first-order valence-electron chi connectivity index (χ1n) is 7.62. The Morgan fingerprint density at radius 3 is 2.30 bits per heavy atom. The zero-order valence-electron chi connectivity index (χ0n) is 14.8. The molecule has 1 N–H and O–H groups in total. The number of benzene rings is 2. The number of nitrogens with one attached hydrogen (secondary N) is 1. The maximum Gasteiger partial charge on any atom is 0.243 e. The molecule has 2 aromatic carbocycles. The first kappa shape index (κ1) is 21.3. The Bertz CT molecular complexity index is 950. The third-order valence-electron chi connectivity index (χ3n) is 3.63. The number of sulfonamides is 1. The SMILES string of the molecule is COc1ccc(S(=O)(=O)N(C)CC(=O)Nc2cc(Cl)ccc2OC)cc1Cl. The molecular formula is C17H18Cl2N2O5S. The highest BCUT2D eigenvalue weighted by Gasteiger charge is 2.24. The van der Waals surface area contributed by atoms with E-state index in [0.717, 1.165) is 4.31 Å². The zero-order valence-corrected chi connectivity index (χ0v) is 17.2. The average molecular weight is 433 g/mol. The van der Waals surface area contributed by atoms with Crippen molar-refractivity contribution in [1.29, 1.82) is 0 Å². The molecule has 0 aliphatic carbocycles. The fourth-order valence-electron chi connectivity index (χ4n) is 2.24. The van der Waals surface area contributed by atoms with Crippen LogP contribution in [-0.4, -0.2) is 46.4 Å². The van der Waals surface area contributed by atoms with Crippen molar-refractivity contribution in [3.63, 3.8) is 0 Å². The molecule has 0 aliphatic heterocycles. The minimum Gasteiger partial charge on any atom is -0.495 e. The number of likely N-dealkylation sites (N-methyl/N-ethyl adjacent to an activating group) is 1. The minimum atomic E-state index is -3.92. The molecule has 7 nitrogen and oxygen atoms in total. The Morgan fingerprint density at radius 2 is 1.70 bits per heavy atom. The molecule has 0 atom stereocenters. The predicted molar refractivity (Wildman–Crippen MR) is 104 cm³/mol. The van der Waals surface area contributed by atoms with Gasteiger partial charge in [-0.15, -0.1) is 0 Å². The molecule has 0 saturated heterocycles. The van der Waals surface area contributed by atoms with E-state index in [9.17, 15) is 13.2 Å². The smallest absolute Gasteiger partial charge is 0.243 e. The van der Waals surface area contributed by atoms with Crippen LogP contribution in [0.1, 0.15) is 0 Å². The molecule has 27 heavy (non-hydrogen) atoms. The van der Waals surface area contributed by atoms with Gasteiger partial charge in [-0.05, 0) is 36.4 Å². The molecule has 0 heterocycles. The van der Waals surface area contributed by atoms with Crippen molar-refractivity contribution in [2.45, 2.75) is 4.90 Å². The Hall–Kier alpha value is -2.00. The van der Waals surface area contributed by atoms with E-state index in [2.05, 4.69) is 5.32 Å². The van der Waals surface area contributed by atoms with Crippen LogP contribution in [0.25, 0.3) is 0 Å². The number of hydrogen-bond acceptors (Lipinski definition) is 5. The van der Waals surface area contributed by atoms with Crippen LogP contribution in [0.15, 0.2) is 41.3 Å². The number of carbonyl (C=O) groups is 1. The van der Waals surface area contributed by atoms with Crippen molar-refractivity contribution in [3.8, 4) is 11.5 Å². The maximum absolute atomic E-state index is 12.6. The van der Waals surface area contributed by atoms with E-state index in [0.29, 0.717) is 22.2 Å². The fraction of sp³-hybridized carbons (Fsp3) is 0.235. The van der Waals surface area contributed by atoms with Crippen molar-refractivity contribution in [2.24, 2.45) is 0 Å². The lowest BCUT2D eigenvalue weighted by Gasteiger charge is -2.18. The zero-order chi connectivity index (χ0) is 20.2. The lowest BCUT2D eigenvalue weighted by Crippen LogP contribution is -2.35. The molecule has 2 aromatic rings. The highest BCUT2D eigenvalue weighted by molar-refractivity contribution is 7.89. The van der Waals surface area contributed by atoms with Crippen molar-refractivity contribution in [3.05, 3.63) is 46.4 Å². The van der Waals surface area contributed by atoms with Gasteiger partial charge in [0.2, 0.25) is 15.9 Å². The molecule has 0 aromatic heterocycles. The van der Waals surface area contributed by atoms with Crippen LogP contribution >= 0.6 is 23.2 Å². The Labute approximate surface area is 167 Å². The molecule has 0 fully saturated rings. The van der Waals surface area contributed by atoms with Gasteiger partial charge in [-0.1, -0.05) is 23.2 Å². The average Bonchev–Trinajstić information content (AvgIpc) is 2.61. The lowest BCUT2D eigenvalue weighted by atomic mass is 10.3. The molecule has 146 valence electrons. The normalized spacial score (nSPS) is 11.3. The molecular weight excluding hydrogens is 415 g/mol.